The first kappa shape index (κ1) is 31.8. The normalized spacial score (nSPS) is 14.5. The molecule has 2 rings (SSSR count). The van der Waals surface area contributed by atoms with Crippen molar-refractivity contribution in [3.8, 4) is 0 Å². The number of halogens is 8. The fraction of sp³-hybridized carbons (Fsp3) is 0.391. The summed E-state index contributed by atoms with van der Waals surface area (Å²) in [6.45, 7) is 4.16. The number of hydrogen-bond acceptors (Lipinski definition) is 4. The van der Waals surface area contributed by atoms with Crippen LogP contribution in [-0.2, 0) is 15.4 Å². The number of carbonyl (C=O) groups is 2. The van der Waals surface area contributed by atoms with E-state index in [0.717, 1.165) is 6.92 Å². The molecule has 0 aromatic heterocycles. The zero-order valence-electron chi connectivity index (χ0n) is 20.3. The Kier molecular flexibility index (Phi) is 8.88. The Morgan fingerprint density at radius 2 is 1.53 bits per heavy atom. The van der Waals surface area contributed by atoms with Crippen molar-refractivity contribution in [2.24, 2.45) is 0 Å². The van der Waals surface area contributed by atoms with Crippen LogP contribution in [0.4, 0.5) is 36.4 Å². The van der Waals surface area contributed by atoms with Gasteiger partial charge in [0.25, 0.3) is 11.8 Å². The lowest BCUT2D eigenvalue weighted by Crippen LogP contribution is -2.50. The van der Waals surface area contributed by atoms with Crippen LogP contribution in [0.2, 0.25) is 0 Å². The predicted octanol–water partition coefficient (Wildman–Crippen LogP) is 6.33. The van der Waals surface area contributed by atoms with Gasteiger partial charge in [-0.3, -0.25) is 18.6 Å². The summed E-state index contributed by atoms with van der Waals surface area (Å²) in [6, 6.07) is 5.55. The molecular formula is C23H23F7IN3O3S. The second-order valence-electron chi connectivity index (χ2n) is 9.29. The van der Waals surface area contributed by atoms with Crippen molar-refractivity contribution in [3.05, 3.63) is 62.2 Å². The molecule has 0 saturated carbocycles. The Morgan fingerprint density at radius 1 is 0.974 bits per heavy atom. The van der Waals surface area contributed by atoms with Gasteiger partial charge in [-0.2, -0.15) is 26.3 Å². The van der Waals surface area contributed by atoms with Gasteiger partial charge in [0.15, 0.2) is 0 Å². The molecule has 2 aromatic carbocycles. The lowest BCUT2D eigenvalue weighted by atomic mass is 9.92. The zero-order chi connectivity index (χ0) is 29.5. The number of benzene rings is 2. The van der Waals surface area contributed by atoms with Crippen LogP contribution in [0.25, 0.3) is 0 Å². The third-order valence-corrected chi connectivity index (χ3v) is 7.40. The topological polar surface area (TPSA) is 99.1 Å². The Morgan fingerprint density at radius 3 is 2.00 bits per heavy atom. The molecule has 0 saturated heterocycles. The Hall–Kier alpha value is -2.43. The fourth-order valence-corrected chi connectivity index (χ4v) is 5.93. The highest BCUT2D eigenvalue weighted by Crippen LogP contribution is 2.53. The minimum atomic E-state index is -6.29. The Labute approximate surface area is 227 Å². The maximum atomic E-state index is 14.4. The fourth-order valence-electron chi connectivity index (χ4n) is 3.73. The molecule has 0 fully saturated rings. The van der Waals surface area contributed by atoms with E-state index in [4.69, 9.17) is 4.78 Å². The molecule has 1 atom stereocenters. The van der Waals surface area contributed by atoms with E-state index in [2.05, 4.69) is 10.6 Å². The summed E-state index contributed by atoms with van der Waals surface area (Å²) in [7, 11) is -2.99. The monoisotopic (exact) mass is 681 g/mol. The highest BCUT2D eigenvalue weighted by Gasteiger charge is 2.73. The van der Waals surface area contributed by atoms with E-state index >= 15 is 0 Å². The molecule has 1 unspecified atom stereocenters. The maximum Gasteiger partial charge on any atom is 0.435 e. The maximum absolute atomic E-state index is 14.4. The molecule has 0 spiro atoms. The molecule has 0 aliphatic heterocycles. The van der Waals surface area contributed by atoms with Crippen molar-refractivity contribution in [2.45, 2.75) is 44.3 Å². The van der Waals surface area contributed by atoms with Crippen LogP contribution in [0.15, 0.2) is 36.4 Å². The number of hydrogen-bond donors (Lipinski definition) is 3. The van der Waals surface area contributed by atoms with Gasteiger partial charge in [-0.1, -0.05) is 18.2 Å². The summed E-state index contributed by atoms with van der Waals surface area (Å²) in [6.07, 6.45) is -11.4. The van der Waals surface area contributed by atoms with E-state index in [9.17, 15) is 44.5 Å². The van der Waals surface area contributed by atoms with Gasteiger partial charge < -0.3 is 10.6 Å². The van der Waals surface area contributed by atoms with Crippen LogP contribution < -0.4 is 10.6 Å². The zero-order valence-corrected chi connectivity index (χ0v) is 23.3. The van der Waals surface area contributed by atoms with Crippen LogP contribution in [0.3, 0.4) is 0 Å². The summed E-state index contributed by atoms with van der Waals surface area (Å²) >= 11 is 1.79. The molecule has 3 N–H and O–H groups in total. The van der Waals surface area contributed by atoms with Gasteiger partial charge in [0, 0.05) is 36.3 Å². The molecule has 2 aromatic rings. The van der Waals surface area contributed by atoms with E-state index in [1.54, 1.807) is 22.6 Å². The molecule has 0 bridgehead atoms. The second kappa shape index (κ2) is 10.6. The average Bonchev–Trinajstić information content (AvgIpc) is 2.70. The van der Waals surface area contributed by atoms with Gasteiger partial charge in [0.1, 0.15) is 0 Å². The van der Waals surface area contributed by atoms with E-state index in [1.165, 1.54) is 38.3 Å². The van der Waals surface area contributed by atoms with Crippen molar-refractivity contribution >= 4 is 49.8 Å². The molecule has 15 heteroatoms. The van der Waals surface area contributed by atoms with E-state index < -0.39 is 50.7 Å². The van der Waals surface area contributed by atoms with Crippen LogP contribution in [0.5, 0.6) is 0 Å². The Bertz CT molecular complexity index is 1340. The quantitative estimate of drug-likeness (QED) is 0.236. The number of aryl methyl sites for hydroxylation is 1. The Balaban J connectivity index is 2.43. The first-order valence-corrected chi connectivity index (χ1v) is 13.8. The van der Waals surface area contributed by atoms with Gasteiger partial charge in [-0.15, -0.1) is 0 Å². The molecule has 0 aliphatic rings. The largest absolute Gasteiger partial charge is 0.435 e. The van der Waals surface area contributed by atoms with E-state index in [1.807, 2.05) is 0 Å². The van der Waals surface area contributed by atoms with Crippen LogP contribution in [-0.4, -0.2) is 45.9 Å². The van der Waals surface area contributed by atoms with E-state index in [-0.39, 0.29) is 34.2 Å². The molecule has 0 radical (unpaired) electrons. The second-order valence-corrected chi connectivity index (χ2v) is 12.7. The minimum absolute atomic E-state index is 0.0996. The van der Waals surface area contributed by atoms with Crippen molar-refractivity contribution in [1.82, 2.24) is 5.32 Å². The average molecular weight is 681 g/mol. The third-order valence-electron chi connectivity index (χ3n) is 5.23. The summed E-state index contributed by atoms with van der Waals surface area (Å²) < 4.78 is 113. The first-order valence-electron chi connectivity index (χ1n) is 10.6. The standard InChI is InChI=1S/C23H23F7IN3O3S/c1-12-10-13(21(24,22(25,26)27)23(28,29)30)8-9-16(12)33-18(35)14-6-5-7-15(31)17(14)19(36)34-20(2,3)11-38(4,32)37/h5-10,32H,11H2,1-4H3,(H,33,35)(H,34,36). The van der Waals surface area contributed by atoms with Gasteiger partial charge in [0.2, 0.25) is 0 Å². The van der Waals surface area contributed by atoms with Gasteiger partial charge in [-0.25, -0.2) is 4.39 Å². The third kappa shape index (κ3) is 6.95. The smallest absolute Gasteiger partial charge is 0.346 e. The van der Waals surface area contributed by atoms with Crippen molar-refractivity contribution in [1.29, 1.82) is 4.78 Å². The summed E-state index contributed by atoms with van der Waals surface area (Å²) in [4.78, 5) is 26.1. The number of anilines is 1. The molecule has 210 valence electrons. The molecular weight excluding hydrogens is 658 g/mol. The lowest BCUT2D eigenvalue weighted by molar-refractivity contribution is -0.348. The van der Waals surface area contributed by atoms with E-state index in [0.29, 0.717) is 15.7 Å². The number of nitrogens with one attached hydrogen (secondary N) is 3. The predicted molar refractivity (Wildman–Crippen MR) is 136 cm³/mol. The summed E-state index contributed by atoms with van der Waals surface area (Å²) in [5, 5.41) is 4.94. The number of amides is 2. The molecule has 0 aliphatic carbocycles. The van der Waals surface area contributed by atoms with Gasteiger partial charge >= 0.3 is 18.0 Å². The van der Waals surface area contributed by atoms with Crippen LogP contribution >= 0.6 is 22.6 Å². The lowest BCUT2D eigenvalue weighted by Gasteiger charge is -2.30. The van der Waals surface area contributed by atoms with Crippen molar-refractivity contribution in [2.75, 3.05) is 17.3 Å². The SMILES string of the molecule is Cc1cc(C(F)(C(F)(F)F)C(F)(F)F)ccc1NC(=O)c1cccc(I)c1C(=O)NC(C)(C)CS(C)(=N)=O. The van der Waals surface area contributed by atoms with Crippen molar-refractivity contribution in [3.63, 3.8) is 0 Å². The van der Waals surface area contributed by atoms with Crippen LogP contribution in [0, 0.1) is 15.3 Å². The molecule has 0 heterocycles. The number of rotatable bonds is 7. The number of alkyl halides is 7. The molecule has 2 amide bonds. The highest BCUT2D eigenvalue weighted by molar-refractivity contribution is 14.1. The molecule has 38 heavy (non-hydrogen) atoms. The number of carbonyl (C=O) groups excluding carboxylic acids is 2. The van der Waals surface area contributed by atoms with Crippen LogP contribution in [0.1, 0.15) is 45.7 Å². The first-order chi connectivity index (χ1) is 17.0. The summed E-state index contributed by atoms with van der Waals surface area (Å²) in [5.41, 5.74) is -9.21. The van der Waals surface area contributed by atoms with Gasteiger partial charge in [0.05, 0.1) is 16.9 Å². The van der Waals surface area contributed by atoms with Crippen molar-refractivity contribution < 1.29 is 44.5 Å². The highest BCUT2D eigenvalue weighted by atomic mass is 127. The summed E-state index contributed by atoms with van der Waals surface area (Å²) in [5.74, 6) is -1.84. The molecule has 6 nitrogen and oxygen atoms in total. The minimum Gasteiger partial charge on any atom is -0.346 e. The van der Waals surface area contributed by atoms with Gasteiger partial charge in [-0.05, 0) is 67.1 Å².